The first kappa shape index (κ1) is 27.4. The Hall–Kier alpha value is -5.90. The zero-order valence-corrected chi connectivity index (χ0v) is 26.3. The number of hydrogen-bond donors (Lipinski definition) is 0. The van der Waals surface area contributed by atoms with Crippen molar-refractivity contribution in [3.8, 4) is 56.2 Å². The molecule has 0 fully saturated rings. The maximum Gasteiger partial charge on any atom is 0.160 e. The van der Waals surface area contributed by atoms with E-state index in [-0.39, 0.29) is 0 Å². The van der Waals surface area contributed by atoms with Crippen LogP contribution < -0.4 is 0 Å². The lowest BCUT2D eigenvalue weighted by Crippen LogP contribution is -1.96. The second-order valence-corrected chi connectivity index (χ2v) is 12.9. The van der Waals surface area contributed by atoms with E-state index in [0.717, 1.165) is 33.6 Å². The molecule has 9 rings (SSSR count). The fourth-order valence-corrected chi connectivity index (χ4v) is 7.78. The van der Waals surface area contributed by atoms with Gasteiger partial charge in [0.15, 0.2) is 5.82 Å². The van der Waals surface area contributed by atoms with E-state index < -0.39 is 0 Å². The highest BCUT2D eigenvalue weighted by molar-refractivity contribution is 7.26. The Labute approximate surface area is 277 Å². The van der Waals surface area contributed by atoms with Gasteiger partial charge in [-0.25, -0.2) is 9.97 Å². The summed E-state index contributed by atoms with van der Waals surface area (Å²) in [5, 5.41) is 5.14. The van der Waals surface area contributed by atoms with Crippen LogP contribution in [-0.4, -0.2) is 9.97 Å². The van der Waals surface area contributed by atoms with Gasteiger partial charge in [-0.05, 0) is 69.4 Å². The molecule has 0 aliphatic heterocycles. The van der Waals surface area contributed by atoms with E-state index in [0.29, 0.717) is 5.82 Å². The second kappa shape index (κ2) is 11.5. The Kier molecular flexibility index (Phi) is 6.69. The van der Waals surface area contributed by atoms with Crippen LogP contribution in [0.25, 0.3) is 87.1 Å². The van der Waals surface area contributed by atoms with Gasteiger partial charge in [0, 0.05) is 36.9 Å². The first-order valence-electron chi connectivity index (χ1n) is 15.8. The number of aromatic nitrogens is 2. The van der Waals surface area contributed by atoms with Crippen molar-refractivity contribution in [3.63, 3.8) is 0 Å². The molecule has 220 valence electrons. The molecule has 0 bridgehead atoms. The third-order valence-electron chi connectivity index (χ3n) is 8.84. The SMILES string of the molecule is c1ccc(-c2cc(-c3cc(-c4ccccc4)nc(-c4ccccc4)n3)cc(-c3cccc4c3sc3cc5ccccc5cc34)c2)cc1. The van der Waals surface area contributed by atoms with Crippen LogP contribution >= 0.6 is 11.3 Å². The average molecular weight is 617 g/mol. The maximum absolute atomic E-state index is 5.19. The van der Waals surface area contributed by atoms with Gasteiger partial charge >= 0.3 is 0 Å². The van der Waals surface area contributed by atoms with Crippen molar-refractivity contribution in [1.29, 1.82) is 0 Å². The molecule has 0 radical (unpaired) electrons. The lowest BCUT2D eigenvalue weighted by atomic mass is 9.93. The monoisotopic (exact) mass is 616 g/mol. The van der Waals surface area contributed by atoms with Gasteiger partial charge in [-0.2, -0.15) is 0 Å². The number of benzene rings is 7. The predicted octanol–water partition coefficient (Wildman–Crippen LogP) is 12.3. The molecule has 7 aromatic carbocycles. The molecule has 0 saturated heterocycles. The Morgan fingerprint density at radius 3 is 1.66 bits per heavy atom. The van der Waals surface area contributed by atoms with Crippen molar-refractivity contribution in [2.75, 3.05) is 0 Å². The highest BCUT2D eigenvalue weighted by Crippen LogP contribution is 2.43. The summed E-state index contributed by atoms with van der Waals surface area (Å²) in [4.78, 5) is 10.2. The van der Waals surface area contributed by atoms with Crippen LogP contribution in [0.4, 0.5) is 0 Å². The normalized spacial score (nSPS) is 11.4. The van der Waals surface area contributed by atoms with Gasteiger partial charge in [0.1, 0.15) is 0 Å². The van der Waals surface area contributed by atoms with E-state index in [1.54, 1.807) is 0 Å². The van der Waals surface area contributed by atoms with Crippen LogP contribution in [0.15, 0.2) is 170 Å². The fraction of sp³-hybridized carbons (Fsp3) is 0. The highest BCUT2D eigenvalue weighted by atomic mass is 32.1. The van der Waals surface area contributed by atoms with Crippen molar-refractivity contribution in [3.05, 3.63) is 170 Å². The van der Waals surface area contributed by atoms with Gasteiger partial charge in [-0.15, -0.1) is 11.3 Å². The minimum absolute atomic E-state index is 0.715. The minimum Gasteiger partial charge on any atom is -0.228 e. The molecule has 47 heavy (non-hydrogen) atoms. The summed E-state index contributed by atoms with van der Waals surface area (Å²) in [7, 11) is 0. The fourth-order valence-electron chi connectivity index (χ4n) is 6.51. The zero-order chi connectivity index (χ0) is 31.2. The Morgan fingerprint density at radius 1 is 0.362 bits per heavy atom. The molecule has 9 aromatic rings. The van der Waals surface area contributed by atoms with Gasteiger partial charge in [0.25, 0.3) is 0 Å². The molecular weight excluding hydrogens is 589 g/mol. The first-order valence-corrected chi connectivity index (χ1v) is 16.6. The smallest absolute Gasteiger partial charge is 0.160 e. The van der Waals surface area contributed by atoms with Gasteiger partial charge in [0.2, 0.25) is 0 Å². The standard InChI is InChI=1S/C44H28N2S/c1-4-13-29(14-5-1)34-23-35(37-21-12-22-38-39-26-32-19-10-11-20-33(32)27-42(39)47-43(37)38)25-36(24-34)41-28-40(30-15-6-2-7-16-30)45-44(46-41)31-17-8-3-9-18-31/h1-28H. The molecule has 2 aromatic heterocycles. The lowest BCUT2D eigenvalue weighted by Gasteiger charge is -2.13. The van der Waals surface area contributed by atoms with Crippen molar-refractivity contribution in [2.45, 2.75) is 0 Å². The second-order valence-electron chi connectivity index (χ2n) is 11.8. The summed E-state index contributed by atoms with van der Waals surface area (Å²) in [5.41, 5.74) is 9.64. The van der Waals surface area contributed by atoms with Gasteiger partial charge in [0.05, 0.1) is 11.4 Å². The molecule has 0 spiro atoms. The summed E-state index contributed by atoms with van der Waals surface area (Å²) >= 11 is 1.88. The van der Waals surface area contributed by atoms with Crippen LogP contribution in [0.2, 0.25) is 0 Å². The molecule has 0 N–H and O–H groups in total. The quantitative estimate of drug-likeness (QED) is 0.192. The zero-order valence-electron chi connectivity index (χ0n) is 25.5. The first-order chi connectivity index (χ1) is 23.3. The summed E-state index contributed by atoms with van der Waals surface area (Å²) in [5.74, 6) is 0.715. The lowest BCUT2D eigenvalue weighted by molar-refractivity contribution is 1.18. The molecule has 0 saturated carbocycles. The summed E-state index contributed by atoms with van der Waals surface area (Å²) < 4.78 is 2.60. The van der Waals surface area contributed by atoms with E-state index in [9.17, 15) is 0 Å². The van der Waals surface area contributed by atoms with Crippen molar-refractivity contribution in [1.82, 2.24) is 9.97 Å². The van der Waals surface area contributed by atoms with Crippen LogP contribution in [0.3, 0.4) is 0 Å². The van der Waals surface area contributed by atoms with E-state index in [1.165, 1.54) is 47.6 Å². The summed E-state index contributed by atoms with van der Waals surface area (Å²) in [6, 6.07) is 60.3. The maximum atomic E-state index is 5.19. The number of thiophene rings is 1. The van der Waals surface area contributed by atoms with Gasteiger partial charge < -0.3 is 0 Å². The van der Waals surface area contributed by atoms with E-state index in [4.69, 9.17) is 9.97 Å². The van der Waals surface area contributed by atoms with Gasteiger partial charge in [-0.1, -0.05) is 133 Å². The molecule has 0 amide bonds. The largest absolute Gasteiger partial charge is 0.228 e. The van der Waals surface area contributed by atoms with Crippen molar-refractivity contribution < 1.29 is 0 Å². The third kappa shape index (κ3) is 5.07. The Morgan fingerprint density at radius 2 is 0.936 bits per heavy atom. The van der Waals surface area contributed by atoms with Crippen molar-refractivity contribution in [2.24, 2.45) is 0 Å². The molecular formula is C44H28N2S. The van der Waals surface area contributed by atoms with Crippen LogP contribution in [0.5, 0.6) is 0 Å². The number of hydrogen-bond acceptors (Lipinski definition) is 3. The van der Waals surface area contributed by atoms with Gasteiger partial charge in [-0.3, -0.25) is 0 Å². The minimum atomic E-state index is 0.715. The molecule has 0 atom stereocenters. The summed E-state index contributed by atoms with van der Waals surface area (Å²) in [6.45, 7) is 0. The van der Waals surface area contributed by atoms with Crippen molar-refractivity contribution >= 4 is 42.3 Å². The summed E-state index contributed by atoms with van der Waals surface area (Å²) in [6.07, 6.45) is 0. The number of rotatable bonds is 5. The Balaban J connectivity index is 1.29. The number of fused-ring (bicyclic) bond motifs is 4. The molecule has 0 aliphatic carbocycles. The Bertz CT molecular complexity index is 2500. The average Bonchev–Trinajstić information content (AvgIpc) is 3.52. The molecule has 2 nitrogen and oxygen atoms in total. The topological polar surface area (TPSA) is 25.8 Å². The number of nitrogens with zero attached hydrogens (tertiary/aromatic N) is 2. The van der Waals surface area contributed by atoms with E-state index >= 15 is 0 Å². The van der Waals surface area contributed by atoms with Crippen LogP contribution in [0.1, 0.15) is 0 Å². The van der Waals surface area contributed by atoms with Crippen LogP contribution in [-0.2, 0) is 0 Å². The molecule has 0 aliphatic rings. The van der Waals surface area contributed by atoms with E-state index in [2.05, 4.69) is 146 Å². The predicted molar refractivity (Wildman–Crippen MR) is 200 cm³/mol. The molecule has 0 unspecified atom stereocenters. The molecule has 3 heteroatoms. The third-order valence-corrected chi connectivity index (χ3v) is 10.0. The molecule has 2 heterocycles. The van der Waals surface area contributed by atoms with Crippen LogP contribution in [0, 0.1) is 0 Å². The highest BCUT2D eigenvalue weighted by Gasteiger charge is 2.16. The van der Waals surface area contributed by atoms with E-state index in [1.807, 2.05) is 35.6 Å².